The number of nitrogens with one attached hydrogen (secondary N) is 2. The molecule has 7 heteroatoms. The number of aryl methyl sites for hydroxylation is 1. The molecule has 1 aromatic heterocycles. The van der Waals surface area contributed by atoms with Gasteiger partial charge in [-0.15, -0.1) is 0 Å². The predicted octanol–water partition coefficient (Wildman–Crippen LogP) is 4.47. The van der Waals surface area contributed by atoms with E-state index in [4.69, 9.17) is 9.47 Å². The number of hydrogen-bond donors (Lipinski definition) is 2. The molecule has 0 radical (unpaired) electrons. The van der Waals surface area contributed by atoms with E-state index in [0.29, 0.717) is 24.6 Å². The SMILES string of the molecule is COc1ccc(Br)c(CNCc2cccnc2)c1OCC(=O)Nc1ccc(C)cc1. The zero-order chi connectivity index (χ0) is 21.3. The predicted molar refractivity (Wildman–Crippen MR) is 121 cm³/mol. The van der Waals surface area contributed by atoms with Crippen LogP contribution < -0.4 is 20.1 Å². The molecule has 2 aromatic carbocycles. The lowest BCUT2D eigenvalue weighted by atomic mass is 10.1. The van der Waals surface area contributed by atoms with Gasteiger partial charge in [-0.3, -0.25) is 9.78 Å². The first-order valence-corrected chi connectivity index (χ1v) is 10.3. The van der Waals surface area contributed by atoms with Crippen LogP contribution in [0.25, 0.3) is 0 Å². The number of methoxy groups -OCH3 is 1. The molecule has 1 heterocycles. The summed E-state index contributed by atoms with van der Waals surface area (Å²) in [5.74, 6) is 0.860. The highest BCUT2D eigenvalue weighted by molar-refractivity contribution is 9.10. The van der Waals surface area contributed by atoms with Crippen LogP contribution in [0, 0.1) is 6.92 Å². The van der Waals surface area contributed by atoms with Gasteiger partial charge >= 0.3 is 0 Å². The molecule has 0 aliphatic carbocycles. The van der Waals surface area contributed by atoms with Crippen LogP contribution >= 0.6 is 15.9 Å². The largest absolute Gasteiger partial charge is 0.493 e. The maximum Gasteiger partial charge on any atom is 0.262 e. The molecule has 3 aromatic rings. The van der Waals surface area contributed by atoms with Crippen molar-refractivity contribution in [3.63, 3.8) is 0 Å². The van der Waals surface area contributed by atoms with Crippen molar-refractivity contribution in [3.05, 3.63) is 82.1 Å². The number of anilines is 1. The Bertz CT molecular complexity index is 979. The number of amides is 1. The number of halogens is 1. The van der Waals surface area contributed by atoms with Crippen LogP contribution in [0.15, 0.2) is 65.4 Å². The summed E-state index contributed by atoms with van der Waals surface area (Å²) >= 11 is 3.58. The second kappa shape index (κ2) is 10.8. The molecule has 0 bridgehead atoms. The van der Waals surface area contributed by atoms with Gasteiger partial charge in [0.15, 0.2) is 18.1 Å². The van der Waals surface area contributed by atoms with E-state index in [1.807, 2.05) is 61.7 Å². The number of hydrogen-bond acceptors (Lipinski definition) is 5. The molecule has 0 saturated heterocycles. The van der Waals surface area contributed by atoms with Gasteiger partial charge in [0.1, 0.15) is 0 Å². The van der Waals surface area contributed by atoms with Crippen LogP contribution in [0.2, 0.25) is 0 Å². The van der Waals surface area contributed by atoms with Crippen molar-refractivity contribution in [3.8, 4) is 11.5 Å². The van der Waals surface area contributed by atoms with Crippen molar-refractivity contribution in [2.24, 2.45) is 0 Å². The number of nitrogens with zero attached hydrogens (tertiary/aromatic N) is 1. The second-order valence-corrected chi connectivity index (χ2v) is 7.58. The van der Waals surface area contributed by atoms with Crippen LogP contribution in [0.5, 0.6) is 11.5 Å². The summed E-state index contributed by atoms with van der Waals surface area (Å²) in [7, 11) is 1.58. The van der Waals surface area contributed by atoms with Crippen molar-refractivity contribution >= 4 is 27.5 Å². The van der Waals surface area contributed by atoms with E-state index in [1.165, 1.54) is 0 Å². The Kier molecular flexibility index (Phi) is 7.82. The van der Waals surface area contributed by atoms with Crippen LogP contribution in [-0.4, -0.2) is 24.6 Å². The second-order valence-electron chi connectivity index (χ2n) is 6.73. The van der Waals surface area contributed by atoms with E-state index in [0.717, 1.165) is 26.9 Å². The normalized spacial score (nSPS) is 10.5. The lowest BCUT2D eigenvalue weighted by Gasteiger charge is -2.17. The van der Waals surface area contributed by atoms with Crippen LogP contribution in [0.1, 0.15) is 16.7 Å². The van der Waals surface area contributed by atoms with Crippen LogP contribution in [-0.2, 0) is 17.9 Å². The standard InChI is InChI=1S/C23H24BrN3O3/c1-16-5-7-18(8-6-16)27-22(28)15-30-23-19(20(24)9-10-21(23)29-2)14-26-13-17-4-3-11-25-12-17/h3-12,26H,13-15H2,1-2H3,(H,27,28). The molecular weight excluding hydrogens is 446 g/mol. The van der Waals surface area contributed by atoms with Crippen molar-refractivity contribution in [2.45, 2.75) is 20.0 Å². The lowest BCUT2D eigenvalue weighted by Crippen LogP contribution is -2.21. The minimum absolute atomic E-state index is 0.129. The van der Waals surface area contributed by atoms with Gasteiger partial charge in [-0.2, -0.15) is 0 Å². The van der Waals surface area contributed by atoms with Crippen LogP contribution in [0.3, 0.4) is 0 Å². The van der Waals surface area contributed by atoms with E-state index in [1.54, 1.807) is 13.3 Å². The van der Waals surface area contributed by atoms with Crippen LogP contribution in [0.4, 0.5) is 5.69 Å². The zero-order valence-electron chi connectivity index (χ0n) is 16.9. The highest BCUT2D eigenvalue weighted by Crippen LogP contribution is 2.36. The average molecular weight is 470 g/mol. The minimum atomic E-state index is -0.241. The van der Waals surface area contributed by atoms with E-state index < -0.39 is 0 Å². The number of benzene rings is 2. The van der Waals surface area contributed by atoms with Gasteiger partial charge in [0, 0.05) is 41.2 Å². The summed E-state index contributed by atoms with van der Waals surface area (Å²) in [5, 5.41) is 6.21. The summed E-state index contributed by atoms with van der Waals surface area (Å²) in [6.45, 7) is 3.06. The molecule has 0 spiro atoms. The van der Waals surface area contributed by atoms with E-state index in [9.17, 15) is 4.79 Å². The fourth-order valence-corrected chi connectivity index (χ4v) is 3.32. The molecule has 2 N–H and O–H groups in total. The first-order chi connectivity index (χ1) is 14.6. The summed E-state index contributed by atoms with van der Waals surface area (Å²) < 4.78 is 12.2. The molecule has 0 aliphatic heterocycles. The fraction of sp³-hybridized carbons (Fsp3) is 0.217. The Morgan fingerprint density at radius 2 is 1.90 bits per heavy atom. The maximum absolute atomic E-state index is 12.4. The topological polar surface area (TPSA) is 72.5 Å². The third-order valence-corrected chi connectivity index (χ3v) is 5.17. The van der Waals surface area contributed by atoms with Gasteiger partial charge in [0.25, 0.3) is 5.91 Å². The van der Waals surface area contributed by atoms with Gasteiger partial charge in [-0.25, -0.2) is 0 Å². The van der Waals surface area contributed by atoms with Crippen molar-refractivity contribution < 1.29 is 14.3 Å². The molecule has 0 atom stereocenters. The number of carbonyl (C=O) groups excluding carboxylic acids is 1. The van der Waals surface area contributed by atoms with Gasteiger partial charge in [0.05, 0.1) is 7.11 Å². The molecule has 1 amide bonds. The number of rotatable bonds is 9. The number of carbonyl (C=O) groups is 1. The fourth-order valence-electron chi connectivity index (χ4n) is 2.87. The zero-order valence-corrected chi connectivity index (χ0v) is 18.5. The third kappa shape index (κ3) is 6.05. The van der Waals surface area contributed by atoms with Gasteiger partial charge in [-0.1, -0.05) is 39.7 Å². The molecule has 6 nitrogen and oxygen atoms in total. The third-order valence-electron chi connectivity index (χ3n) is 4.42. The van der Waals surface area contributed by atoms with Crippen molar-refractivity contribution in [1.29, 1.82) is 0 Å². The van der Waals surface area contributed by atoms with E-state index in [2.05, 4.69) is 31.5 Å². The number of aromatic nitrogens is 1. The Labute approximate surface area is 184 Å². The minimum Gasteiger partial charge on any atom is -0.493 e. The molecule has 0 saturated carbocycles. The van der Waals surface area contributed by atoms with Crippen molar-refractivity contribution in [2.75, 3.05) is 19.0 Å². The molecule has 3 rings (SSSR count). The Morgan fingerprint density at radius 3 is 2.60 bits per heavy atom. The van der Waals surface area contributed by atoms with Gasteiger partial charge < -0.3 is 20.1 Å². The molecule has 0 aliphatic rings. The molecule has 30 heavy (non-hydrogen) atoms. The lowest BCUT2D eigenvalue weighted by molar-refractivity contribution is -0.118. The van der Waals surface area contributed by atoms with E-state index in [-0.39, 0.29) is 12.5 Å². The summed E-state index contributed by atoms with van der Waals surface area (Å²) in [6, 6.07) is 15.2. The summed E-state index contributed by atoms with van der Waals surface area (Å²) in [6.07, 6.45) is 3.57. The van der Waals surface area contributed by atoms with Gasteiger partial charge in [-0.05, 0) is 42.8 Å². The number of ether oxygens (including phenoxy) is 2. The van der Waals surface area contributed by atoms with E-state index >= 15 is 0 Å². The summed E-state index contributed by atoms with van der Waals surface area (Å²) in [5.41, 5.74) is 3.82. The highest BCUT2D eigenvalue weighted by Gasteiger charge is 2.16. The highest BCUT2D eigenvalue weighted by atomic mass is 79.9. The molecular formula is C23H24BrN3O3. The Hall–Kier alpha value is -2.90. The Morgan fingerprint density at radius 1 is 1.10 bits per heavy atom. The smallest absolute Gasteiger partial charge is 0.262 e. The maximum atomic E-state index is 12.4. The number of pyridine rings is 1. The first-order valence-electron chi connectivity index (χ1n) is 9.51. The Balaban J connectivity index is 1.66. The van der Waals surface area contributed by atoms with Crippen molar-refractivity contribution in [1.82, 2.24) is 10.3 Å². The summed E-state index contributed by atoms with van der Waals surface area (Å²) in [4.78, 5) is 16.5. The quantitative estimate of drug-likeness (QED) is 0.483. The van der Waals surface area contributed by atoms with Gasteiger partial charge in [0.2, 0.25) is 0 Å². The monoisotopic (exact) mass is 469 g/mol. The average Bonchev–Trinajstić information content (AvgIpc) is 2.76. The molecule has 156 valence electrons. The molecule has 0 unspecified atom stereocenters. The first kappa shape index (κ1) is 21.8. The molecule has 0 fully saturated rings.